The summed E-state index contributed by atoms with van der Waals surface area (Å²) in [5.41, 5.74) is 3.03. The lowest BCUT2D eigenvalue weighted by atomic mass is 10.1. The first kappa shape index (κ1) is 15.3. The molecule has 1 amide bonds. The SMILES string of the molecule is C1CC1.O=CNc1cc2cc(-c3cnc4[nH]cc(F)c4c3)ccn2n1. The third kappa shape index (κ3) is 3.21. The van der Waals surface area contributed by atoms with E-state index >= 15 is 0 Å². The van der Waals surface area contributed by atoms with Crippen LogP contribution in [0.5, 0.6) is 0 Å². The summed E-state index contributed by atoms with van der Waals surface area (Å²) >= 11 is 0. The molecule has 7 heteroatoms. The van der Waals surface area contributed by atoms with Gasteiger partial charge in [0.25, 0.3) is 0 Å². The number of aromatic amines is 1. The van der Waals surface area contributed by atoms with E-state index in [-0.39, 0.29) is 5.82 Å². The van der Waals surface area contributed by atoms with Gasteiger partial charge in [0.2, 0.25) is 6.41 Å². The van der Waals surface area contributed by atoms with Gasteiger partial charge >= 0.3 is 0 Å². The van der Waals surface area contributed by atoms with Gasteiger partial charge in [-0.25, -0.2) is 13.9 Å². The fourth-order valence-electron chi connectivity index (χ4n) is 2.43. The lowest BCUT2D eigenvalue weighted by molar-refractivity contribution is -0.105. The standard InChI is InChI=1S/C15H10FN5O.C3H6/c16-13-7-18-15-12(13)4-10(6-17-15)9-1-2-21-11(3-9)5-14(20-21)19-8-22;1-2-3-1/h1-8H,(H,17,18)(H,19,20,22);1-3H2. The van der Waals surface area contributed by atoms with Gasteiger partial charge < -0.3 is 10.3 Å². The molecule has 0 bridgehead atoms. The maximum absolute atomic E-state index is 13.7. The Labute approximate surface area is 142 Å². The molecule has 1 saturated carbocycles. The zero-order valence-electron chi connectivity index (χ0n) is 13.4. The van der Waals surface area contributed by atoms with E-state index in [1.165, 1.54) is 25.5 Å². The van der Waals surface area contributed by atoms with Crippen molar-refractivity contribution < 1.29 is 9.18 Å². The second-order valence-electron chi connectivity index (χ2n) is 5.89. The van der Waals surface area contributed by atoms with Crippen LogP contribution in [0.1, 0.15) is 19.3 Å². The smallest absolute Gasteiger partial charge is 0.212 e. The predicted molar refractivity (Wildman–Crippen MR) is 93.8 cm³/mol. The molecule has 2 N–H and O–H groups in total. The van der Waals surface area contributed by atoms with E-state index in [2.05, 4.69) is 20.4 Å². The summed E-state index contributed by atoms with van der Waals surface area (Å²) in [6, 6.07) is 7.26. The number of hydrogen-bond acceptors (Lipinski definition) is 3. The van der Waals surface area contributed by atoms with Crippen LogP contribution in [0.3, 0.4) is 0 Å². The molecule has 4 aromatic heterocycles. The van der Waals surface area contributed by atoms with Gasteiger partial charge in [-0.05, 0) is 23.8 Å². The van der Waals surface area contributed by atoms with Crippen molar-refractivity contribution >= 4 is 28.8 Å². The number of halogens is 1. The first-order valence-electron chi connectivity index (χ1n) is 8.07. The number of anilines is 1. The number of carbonyl (C=O) groups excluding carboxylic acids is 1. The van der Waals surface area contributed by atoms with Gasteiger partial charge in [-0.2, -0.15) is 5.10 Å². The van der Waals surface area contributed by atoms with Crippen LogP contribution in [0, 0.1) is 5.82 Å². The average molecular weight is 337 g/mol. The van der Waals surface area contributed by atoms with E-state index in [0.717, 1.165) is 16.6 Å². The first-order chi connectivity index (χ1) is 12.2. The minimum atomic E-state index is -0.327. The highest BCUT2D eigenvalue weighted by molar-refractivity contribution is 5.83. The molecule has 0 saturated heterocycles. The average Bonchev–Trinajstić information content (AvgIpc) is 3.39. The van der Waals surface area contributed by atoms with Gasteiger partial charge in [-0.15, -0.1) is 0 Å². The number of nitrogens with one attached hydrogen (secondary N) is 2. The molecule has 4 heterocycles. The summed E-state index contributed by atoms with van der Waals surface area (Å²) in [5.74, 6) is 0.143. The van der Waals surface area contributed by atoms with E-state index < -0.39 is 0 Å². The number of rotatable bonds is 3. The molecule has 6 nitrogen and oxygen atoms in total. The number of nitrogens with zero attached hydrogens (tertiary/aromatic N) is 3. The van der Waals surface area contributed by atoms with Crippen LogP contribution < -0.4 is 5.32 Å². The maximum atomic E-state index is 13.7. The third-order valence-electron chi connectivity index (χ3n) is 3.84. The van der Waals surface area contributed by atoms with E-state index in [0.29, 0.717) is 23.3 Å². The number of pyridine rings is 2. The second kappa shape index (κ2) is 6.35. The zero-order chi connectivity index (χ0) is 17.2. The molecule has 126 valence electrons. The van der Waals surface area contributed by atoms with Crippen LogP contribution in [-0.4, -0.2) is 26.0 Å². The molecule has 1 fully saturated rings. The molecule has 0 spiro atoms. The van der Waals surface area contributed by atoms with E-state index in [9.17, 15) is 9.18 Å². The molecular weight excluding hydrogens is 321 g/mol. The van der Waals surface area contributed by atoms with Gasteiger partial charge in [-0.3, -0.25) is 4.79 Å². The molecule has 0 radical (unpaired) electrons. The molecular formula is C18H16FN5O. The highest BCUT2D eigenvalue weighted by Crippen LogP contribution is 2.25. The minimum absolute atomic E-state index is 0.327. The molecule has 0 atom stereocenters. The van der Waals surface area contributed by atoms with Crippen LogP contribution in [-0.2, 0) is 4.79 Å². The van der Waals surface area contributed by atoms with Crippen LogP contribution in [0.15, 0.2) is 42.9 Å². The van der Waals surface area contributed by atoms with Crippen molar-refractivity contribution in [3.63, 3.8) is 0 Å². The largest absolute Gasteiger partial charge is 0.343 e. The fourth-order valence-corrected chi connectivity index (χ4v) is 2.43. The van der Waals surface area contributed by atoms with Gasteiger partial charge in [0.1, 0.15) is 11.5 Å². The van der Waals surface area contributed by atoms with E-state index in [4.69, 9.17) is 0 Å². The second-order valence-corrected chi connectivity index (χ2v) is 5.89. The van der Waals surface area contributed by atoms with Crippen molar-refractivity contribution in [3.8, 4) is 11.1 Å². The molecule has 5 rings (SSSR count). The van der Waals surface area contributed by atoms with Crippen LogP contribution in [0.2, 0.25) is 0 Å². The van der Waals surface area contributed by atoms with Crippen LogP contribution in [0.25, 0.3) is 27.7 Å². The summed E-state index contributed by atoms with van der Waals surface area (Å²) in [6.07, 6.45) is 9.83. The number of aromatic nitrogens is 4. The Balaban J connectivity index is 0.000000474. The van der Waals surface area contributed by atoms with Crippen molar-refractivity contribution in [2.75, 3.05) is 5.32 Å². The number of carbonyl (C=O) groups is 1. The minimum Gasteiger partial charge on any atom is -0.343 e. The molecule has 1 aliphatic rings. The molecule has 4 aromatic rings. The molecule has 1 aliphatic carbocycles. The summed E-state index contributed by atoms with van der Waals surface area (Å²) < 4.78 is 15.3. The van der Waals surface area contributed by atoms with Crippen LogP contribution in [0.4, 0.5) is 10.2 Å². The zero-order valence-corrected chi connectivity index (χ0v) is 13.4. The van der Waals surface area contributed by atoms with Crippen molar-refractivity contribution in [2.24, 2.45) is 0 Å². The normalized spacial score (nSPS) is 12.7. The summed E-state index contributed by atoms with van der Waals surface area (Å²) in [7, 11) is 0. The van der Waals surface area contributed by atoms with E-state index in [1.54, 1.807) is 29.0 Å². The van der Waals surface area contributed by atoms with Crippen molar-refractivity contribution in [1.82, 2.24) is 19.6 Å². The number of fused-ring (bicyclic) bond motifs is 2. The summed E-state index contributed by atoms with van der Waals surface area (Å²) in [4.78, 5) is 17.5. The van der Waals surface area contributed by atoms with Crippen molar-refractivity contribution in [1.29, 1.82) is 0 Å². The Hall–Kier alpha value is -3.22. The topological polar surface area (TPSA) is 75.1 Å². The maximum Gasteiger partial charge on any atom is 0.212 e. The Kier molecular flexibility index (Phi) is 3.89. The number of amides is 1. The third-order valence-corrected chi connectivity index (χ3v) is 3.84. The number of hydrogen-bond donors (Lipinski definition) is 2. The Bertz CT molecular complexity index is 1050. The lowest BCUT2D eigenvalue weighted by Crippen LogP contribution is -1.94. The predicted octanol–water partition coefficient (Wildman–Crippen LogP) is 3.76. The molecule has 25 heavy (non-hydrogen) atoms. The molecule has 0 aromatic carbocycles. The fraction of sp³-hybridized carbons (Fsp3) is 0.167. The lowest BCUT2D eigenvalue weighted by Gasteiger charge is -2.02. The first-order valence-corrected chi connectivity index (χ1v) is 8.07. The van der Waals surface area contributed by atoms with Crippen molar-refractivity contribution in [2.45, 2.75) is 19.3 Å². The highest BCUT2D eigenvalue weighted by atomic mass is 19.1. The Morgan fingerprint density at radius 3 is 2.80 bits per heavy atom. The van der Waals surface area contributed by atoms with Gasteiger partial charge in [0.05, 0.1) is 10.9 Å². The Morgan fingerprint density at radius 2 is 2.04 bits per heavy atom. The van der Waals surface area contributed by atoms with Gasteiger partial charge in [-0.1, -0.05) is 19.3 Å². The molecule has 0 unspecified atom stereocenters. The highest BCUT2D eigenvalue weighted by Gasteiger charge is 2.08. The van der Waals surface area contributed by atoms with Gasteiger partial charge in [0, 0.05) is 30.2 Å². The quantitative estimate of drug-likeness (QED) is 0.559. The van der Waals surface area contributed by atoms with E-state index in [1.807, 2.05) is 12.1 Å². The Morgan fingerprint density at radius 1 is 1.20 bits per heavy atom. The molecule has 0 aliphatic heterocycles. The van der Waals surface area contributed by atoms with Gasteiger partial charge in [0.15, 0.2) is 5.82 Å². The van der Waals surface area contributed by atoms with Crippen LogP contribution >= 0.6 is 0 Å². The monoisotopic (exact) mass is 337 g/mol. The van der Waals surface area contributed by atoms with Crippen molar-refractivity contribution in [3.05, 3.63) is 48.7 Å². The number of H-pyrrole nitrogens is 1. The summed E-state index contributed by atoms with van der Waals surface area (Å²) in [6.45, 7) is 0. The summed E-state index contributed by atoms with van der Waals surface area (Å²) in [5, 5.41) is 7.15.